The number of halogens is 1. The Kier molecular flexibility index (Phi) is 7.07. The van der Waals surface area contributed by atoms with Gasteiger partial charge in [-0.2, -0.15) is 10.1 Å². The van der Waals surface area contributed by atoms with E-state index in [4.69, 9.17) is 4.74 Å². The SMILES string of the molecule is Cc1cc(Nc2ccc(/C=N/Nc3ncc(F)c(N4CCOCC4)n3)nc2)ccc1C1CNNC1. The Bertz CT molecular complexity index is 1180. The van der Waals surface area contributed by atoms with Crippen molar-refractivity contribution < 1.29 is 9.13 Å². The van der Waals surface area contributed by atoms with Crippen LogP contribution in [0, 0.1) is 12.7 Å². The molecule has 182 valence electrons. The molecule has 0 spiro atoms. The Labute approximate surface area is 203 Å². The van der Waals surface area contributed by atoms with Crippen molar-refractivity contribution in [2.24, 2.45) is 5.10 Å². The van der Waals surface area contributed by atoms with Crippen LogP contribution >= 0.6 is 0 Å². The third-order valence-corrected chi connectivity index (χ3v) is 6.00. The summed E-state index contributed by atoms with van der Waals surface area (Å²) in [6.07, 6.45) is 4.46. The lowest BCUT2D eigenvalue weighted by atomic mass is 9.95. The first-order chi connectivity index (χ1) is 17.2. The van der Waals surface area contributed by atoms with Crippen LogP contribution in [0.1, 0.15) is 22.7 Å². The molecule has 0 unspecified atom stereocenters. The third-order valence-electron chi connectivity index (χ3n) is 6.00. The number of hydrazine groups is 1. The van der Waals surface area contributed by atoms with Crippen LogP contribution in [0.5, 0.6) is 0 Å². The van der Waals surface area contributed by atoms with Gasteiger partial charge in [-0.3, -0.25) is 15.8 Å². The predicted molar refractivity (Wildman–Crippen MR) is 134 cm³/mol. The second kappa shape index (κ2) is 10.7. The summed E-state index contributed by atoms with van der Waals surface area (Å²) < 4.78 is 19.5. The van der Waals surface area contributed by atoms with Crippen LogP contribution in [-0.2, 0) is 4.74 Å². The number of aryl methyl sites for hydroxylation is 1. The molecule has 0 aliphatic carbocycles. The molecule has 3 aromatic rings. The monoisotopic (exact) mass is 477 g/mol. The molecule has 5 rings (SSSR count). The Balaban J connectivity index is 1.18. The molecule has 2 saturated heterocycles. The molecule has 11 heteroatoms. The van der Waals surface area contributed by atoms with Crippen molar-refractivity contribution in [1.29, 1.82) is 0 Å². The molecule has 2 aliphatic rings. The van der Waals surface area contributed by atoms with E-state index in [0.29, 0.717) is 37.9 Å². The number of benzene rings is 1. The maximum absolute atomic E-state index is 14.2. The smallest absolute Gasteiger partial charge is 0.245 e. The number of hydrogen-bond acceptors (Lipinski definition) is 10. The van der Waals surface area contributed by atoms with E-state index in [1.165, 1.54) is 11.1 Å². The fourth-order valence-electron chi connectivity index (χ4n) is 4.18. The largest absolute Gasteiger partial charge is 0.378 e. The van der Waals surface area contributed by atoms with Crippen LogP contribution in [0.2, 0.25) is 0 Å². The van der Waals surface area contributed by atoms with Crippen molar-refractivity contribution in [3.8, 4) is 0 Å². The van der Waals surface area contributed by atoms with E-state index in [9.17, 15) is 4.39 Å². The normalized spacial score (nSPS) is 16.7. The molecule has 0 radical (unpaired) electrons. The summed E-state index contributed by atoms with van der Waals surface area (Å²) in [6, 6.07) is 10.2. The first kappa shape index (κ1) is 23.1. The number of ether oxygens (including phenoxy) is 1. The van der Waals surface area contributed by atoms with Crippen molar-refractivity contribution in [3.05, 3.63) is 65.4 Å². The van der Waals surface area contributed by atoms with E-state index in [2.05, 4.69) is 66.8 Å². The third kappa shape index (κ3) is 5.70. The number of nitrogens with one attached hydrogen (secondary N) is 4. The molecule has 4 heterocycles. The number of rotatable bonds is 7. The lowest BCUT2D eigenvalue weighted by Crippen LogP contribution is -2.37. The summed E-state index contributed by atoms with van der Waals surface area (Å²) in [7, 11) is 0. The number of morpholine rings is 1. The lowest BCUT2D eigenvalue weighted by molar-refractivity contribution is 0.122. The highest BCUT2D eigenvalue weighted by Gasteiger charge is 2.19. The molecule has 0 bridgehead atoms. The minimum atomic E-state index is -0.469. The molecule has 2 fully saturated rings. The minimum Gasteiger partial charge on any atom is -0.378 e. The average molecular weight is 478 g/mol. The van der Waals surface area contributed by atoms with Crippen molar-refractivity contribution in [2.45, 2.75) is 12.8 Å². The van der Waals surface area contributed by atoms with E-state index >= 15 is 0 Å². The maximum Gasteiger partial charge on any atom is 0.245 e. The van der Waals surface area contributed by atoms with Gasteiger partial charge in [-0.15, -0.1) is 0 Å². The molecular formula is C24H28FN9O. The zero-order chi connectivity index (χ0) is 24.0. The summed E-state index contributed by atoms with van der Waals surface area (Å²) in [5.41, 5.74) is 14.3. The number of anilines is 4. The van der Waals surface area contributed by atoms with Crippen LogP contribution in [0.15, 0.2) is 47.8 Å². The highest BCUT2D eigenvalue weighted by atomic mass is 19.1. The van der Waals surface area contributed by atoms with E-state index in [1.807, 2.05) is 17.0 Å². The molecule has 2 aliphatic heterocycles. The minimum absolute atomic E-state index is 0.213. The summed E-state index contributed by atoms with van der Waals surface area (Å²) >= 11 is 0. The maximum atomic E-state index is 14.2. The second-order valence-corrected chi connectivity index (χ2v) is 8.46. The number of pyridine rings is 1. The summed E-state index contributed by atoms with van der Waals surface area (Å²) in [5, 5.41) is 7.53. The van der Waals surface area contributed by atoms with Crippen molar-refractivity contribution >= 4 is 29.4 Å². The molecule has 0 saturated carbocycles. The van der Waals surface area contributed by atoms with Gasteiger partial charge in [0.05, 0.1) is 43.2 Å². The molecule has 35 heavy (non-hydrogen) atoms. The highest BCUT2D eigenvalue weighted by molar-refractivity contribution is 5.78. The molecule has 0 amide bonds. The Morgan fingerprint density at radius 2 is 1.89 bits per heavy atom. The van der Waals surface area contributed by atoms with Gasteiger partial charge in [0.1, 0.15) is 0 Å². The fraction of sp³-hybridized carbons (Fsp3) is 0.333. The van der Waals surface area contributed by atoms with Crippen LogP contribution < -0.4 is 26.5 Å². The first-order valence-electron chi connectivity index (χ1n) is 11.6. The summed E-state index contributed by atoms with van der Waals surface area (Å²) in [4.78, 5) is 14.5. The second-order valence-electron chi connectivity index (χ2n) is 8.46. The van der Waals surface area contributed by atoms with Crippen LogP contribution in [-0.4, -0.2) is 60.6 Å². The molecule has 0 atom stereocenters. The van der Waals surface area contributed by atoms with Crippen LogP contribution in [0.25, 0.3) is 0 Å². The zero-order valence-corrected chi connectivity index (χ0v) is 19.5. The summed E-state index contributed by atoms with van der Waals surface area (Å²) in [6.45, 7) is 6.28. The Hall–Kier alpha value is -3.67. The van der Waals surface area contributed by atoms with Crippen molar-refractivity contribution in [2.75, 3.05) is 55.0 Å². The molecular weight excluding hydrogens is 449 g/mol. The zero-order valence-electron chi connectivity index (χ0n) is 19.5. The van der Waals surface area contributed by atoms with Gasteiger partial charge in [-0.1, -0.05) is 6.07 Å². The quantitative estimate of drug-likeness (QED) is 0.301. The van der Waals surface area contributed by atoms with E-state index in [1.54, 1.807) is 12.4 Å². The highest BCUT2D eigenvalue weighted by Crippen LogP contribution is 2.25. The van der Waals surface area contributed by atoms with Crippen LogP contribution in [0.4, 0.5) is 27.5 Å². The number of hydrazone groups is 1. The first-order valence-corrected chi connectivity index (χ1v) is 11.6. The van der Waals surface area contributed by atoms with Gasteiger partial charge in [-0.25, -0.2) is 14.8 Å². The number of aromatic nitrogens is 3. The molecule has 1 aromatic carbocycles. The fourth-order valence-corrected chi connectivity index (χ4v) is 4.18. The number of nitrogens with zero attached hydrogens (tertiary/aromatic N) is 5. The lowest BCUT2D eigenvalue weighted by Gasteiger charge is -2.27. The van der Waals surface area contributed by atoms with Gasteiger partial charge >= 0.3 is 0 Å². The molecule has 4 N–H and O–H groups in total. The van der Waals surface area contributed by atoms with Gasteiger partial charge in [0.2, 0.25) is 5.95 Å². The predicted octanol–water partition coefficient (Wildman–Crippen LogP) is 2.54. The number of hydrogen-bond donors (Lipinski definition) is 4. The summed E-state index contributed by atoms with van der Waals surface area (Å²) in [5.74, 6) is 0.479. The van der Waals surface area contributed by atoms with E-state index in [0.717, 1.165) is 30.7 Å². The molecule has 10 nitrogen and oxygen atoms in total. The standard InChI is InChI=1S/C24H28FN9O/c1-16-10-18(4-5-21(16)17-11-28-29-12-17)31-20-3-2-19(26-13-20)14-30-33-24-27-15-22(25)23(32-24)34-6-8-35-9-7-34/h2-5,10,13-15,17,28-29,31H,6-9,11-12H2,1H3,(H,27,32,33)/b30-14+. The van der Waals surface area contributed by atoms with Gasteiger partial charge < -0.3 is 15.0 Å². The Morgan fingerprint density at radius 3 is 2.63 bits per heavy atom. The van der Waals surface area contributed by atoms with Crippen LogP contribution in [0.3, 0.4) is 0 Å². The Morgan fingerprint density at radius 1 is 1.09 bits per heavy atom. The van der Waals surface area contributed by atoms with Gasteiger partial charge in [-0.05, 0) is 42.3 Å². The van der Waals surface area contributed by atoms with Gasteiger partial charge in [0.15, 0.2) is 11.6 Å². The van der Waals surface area contributed by atoms with Crippen molar-refractivity contribution in [1.82, 2.24) is 25.8 Å². The molecule has 2 aromatic heterocycles. The average Bonchev–Trinajstić information content (AvgIpc) is 3.41. The van der Waals surface area contributed by atoms with E-state index in [-0.39, 0.29) is 11.8 Å². The van der Waals surface area contributed by atoms with Crippen molar-refractivity contribution in [3.63, 3.8) is 0 Å². The topological polar surface area (TPSA) is 112 Å². The van der Waals surface area contributed by atoms with E-state index < -0.39 is 5.82 Å². The van der Waals surface area contributed by atoms with Gasteiger partial charge in [0, 0.05) is 37.8 Å². The van der Waals surface area contributed by atoms with Gasteiger partial charge in [0.25, 0.3) is 0 Å².